The molecule has 2 aromatic rings. The van der Waals surface area contributed by atoms with Crippen LogP contribution in [0.5, 0.6) is 17.2 Å². The topological polar surface area (TPSA) is 85.9 Å². The monoisotopic (exact) mass is 402 g/mol. The van der Waals surface area contributed by atoms with Crippen molar-refractivity contribution in [3.05, 3.63) is 42.0 Å². The molecule has 0 atom stereocenters. The molecule has 0 aromatic heterocycles. The molecule has 0 heterocycles. The van der Waals surface area contributed by atoms with E-state index in [1.165, 1.54) is 21.3 Å². The summed E-state index contributed by atoms with van der Waals surface area (Å²) in [4.78, 5) is -1.05. The summed E-state index contributed by atoms with van der Waals surface area (Å²) in [6.45, 7) is 0.0573. The third-order valence-electron chi connectivity index (χ3n) is 3.57. The van der Waals surface area contributed by atoms with Crippen molar-refractivity contribution >= 4 is 15.7 Å². The SMILES string of the molecule is COc1cc(NCCNS(=O)(=O)c2c(F)cc(OC)cc2F)cc(OC)c1. The Morgan fingerprint density at radius 3 is 1.78 bits per heavy atom. The van der Waals surface area contributed by atoms with Crippen LogP contribution in [0.4, 0.5) is 14.5 Å². The second-order valence-corrected chi connectivity index (χ2v) is 7.05. The van der Waals surface area contributed by atoms with Gasteiger partial charge in [0.25, 0.3) is 0 Å². The van der Waals surface area contributed by atoms with Crippen LogP contribution < -0.4 is 24.2 Å². The molecule has 0 aliphatic rings. The van der Waals surface area contributed by atoms with Crippen molar-refractivity contribution in [1.82, 2.24) is 4.72 Å². The first kappa shape index (κ1) is 20.7. The molecule has 10 heteroatoms. The molecule has 0 unspecified atom stereocenters. The standard InChI is InChI=1S/C17H20F2N2O5S/c1-24-12-6-11(7-13(8-12)25-2)20-4-5-21-27(22,23)17-15(18)9-14(26-3)10-16(17)19/h6-10,20-21H,4-5H2,1-3H3. The number of halogens is 2. The van der Waals surface area contributed by atoms with Crippen molar-refractivity contribution in [2.24, 2.45) is 0 Å². The molecule has 2 N–H and O–H groups in total. The largest absolute Gasteiger partial charge is 0.497 e. The van der Waals surface area contributed by atoms with E-state index in [0.717, 1.165) is 12.1 Å². The minimum Gasteiger partial charge on any atom is -0.497 e. The van der Waals surface area contributed by atoms with Crippen LogP contribution in [0.2, 0.25) is 0 Å². The summed E-state index contributed by atoms with van der Waals surface area (Å²) in [7, 11) is -0.140. The third kappa shape index (κ3) is 5.20. The Bertz CT molecular complexity index is 861. The van der Waals surface area contributed by atoms with Crippen LogP contribution in [0.3, 0.4) is 0 Å². The highest BCUT2D eigenvalue weighted by Crippen LogP contribution is 2.26. The summed E-state index contributed by atoms with van der Waals surface area (Å²) in [5, 5.41) is 2.97. The first-order valence-electron chi connectivity index (χ1n) is 7.80. The zero-order chi connectivity index (χ0) is 20.0. The number of ether oxygens (including phenoxy) is 3. The molecule has 0 aliphatic carbocycles. The summed E-state index contributed by atoms with van der Waals surface area (Å²) in [6, 6.07) is 6.68. The maximum Gasteiger partial charge on any atom is 0.246 e. The van der Waals surface area contributed by atoms with E-state index in [2.05, 4.69) is 10.0 Å². The highest BCUT2D eigenvalue weighted by molar-refractivity contribution is 7.89. The summed E-state index contributed by atoms with van der Waals surface area (Å²) < 4.78 is 69.4. The van der Waals surface area contributed by atoms with Gasteiger partial charge < -0.3 is 19.5 Å². The fourth-order valence-electron chi connectivity index (χ4n) is 2.29. The number of hydrogen-bond donors (Lipinski definition) is 2. The Morgan fingerprint density at radius 2 is 1.30 bits per heavy atom. The van der Waals surface area contributed by atoms with Crippen LogP contribution in [0.25, 0.3) is 0 Å². The van der Waals surface area contributed by atoms with E-state index in [1.54, 1.807) is 18.2 Å². The Balaban J connectivity index is 2.03. The number of nitrogens with one attached hydrogen (secondary N) is 2. The molecule has 148 valence electrons. The Morgan fingerprint density at radius 1 is 0.815 bits per heavy atom. The highest BCUT2D eigenvalue weighted by atomic mass is 32.2. The van der Waals surface area contributed by atoms with Gasteiger partial charge in [-0.1, -0.05) is 0 Å². The number of hydrogen-bond acceptors (Lipinski definition) is 6. The number of sulfonamides is 1. The van der Waals surface area contributed by atoms with Gasteiger partial charge in [0.1, 0.15) is 28.9 Å². The molecule has 0 saturated carbocycles. The predicted octanol–water partition coefficient (Wildman–Crippen LogP) is 2.38. The maximum atomic E-state index is 14.0. The molecule has 0 saturated heterocycles. The average molecular weight is 402 g/mol. The Labute approximate surface area is 156 Å². The number of anilines is 1. The first-order valence-corrected chi connectivity index (χ1v) is 9.28. The molecule has 0 amide bonds. The van der Waals surface area contributed by atoms with Gasteiger partial charge >= 0.3 is 0 Å². The van der Waals surface area contributed by atoms with Crippen molar-refractivity contribution in [3.63, 3.8) is 0 Å². The van der Waals surface area contributed by atoms with Crippen molar-refractivity contribution in [3.8, 4) is 17.2 Å². The van der Waals surface area contributed by atoms with Gasteiger partial charge in [0.05, 0.1) is 21.3 Å². The van der Waals surface area contributed by atoms with Gasteiger partial charge in [0.15, 0.2) is 4.90 Å². The number of benzene rings is 2. The predicted molar refractivity (Wildman–Crippen MR) is 96.1 cm³/mol. The quantitative estimate of drug-likeness (QED) is 0.627. The van der Waals surface area contributed by atoms with Crippen LogP contribution in [-0.4, -0.2) is 42.8 Å². The van der Waals surface area contributed by atoms with Crippen LogP contribution in [0.15, 0.2) is 35.2 Å². The van der Waals surface area contributed by atoms with E-state index in [9.17, 15) is 17.2 Å². The molecule has 2 aromatic carbocycles. The van der Waals surface area contributed by atoms with Crippen LogP contribution in [-0.2, 0) is 10.0 Å². The first-order chi connectivity index (χ1) is 12.8. The molecule has 0 radical (unpaired) electrons. The Kier molecular flexibility index (Phi) is 6.81. The maximum absolute atomic E-state index is 14.0. The van der Waals surface area contributed by atoms with Crippen LogP contribution >= 0.6 is 0 Å². The molecule has 27 heavy (non-hydrogen) atoms. The van der Waals surface area contributed by atoms with Gasteiger partial charge in [0, 0.05) is 49.1 Å². The highest BCUT2D eigenvalue weighted by Gasteiger charge is 2.24. The number of methoxy groups -OCH3 is 3. The van der Waals surface area contributed by atoms with Crippen LogP contribution in [0, 0.1) is 11.6 Å². The normalized spacial score (nSPS) is 11.1. The fraction of sp³-hybridized carbons (Fsp3) is 0.294. The third-order valence-corrected chi connectivity index (χ3v) is 5.09. The molecule has 0 bridgehead atoms. The number of rotatable bonds is 9. The lowest BCUT2D eigenvalue weighted by Crippen LogP contribution is -2.30. The van der Waals surface area contributed by atoms with Gasteiger partial charge in [-0.15, -0.1) is 0 Å². The zero-order valence-electron chi connectivity index (χ0n) is 15.0. The second kappa shape index (κ2) is 8.87. The van der Waals surface area contributed by atoms with Crippen molar-refractivity contribution in [2.45, 2.75) is 4.90 Å². The van der Waals surface area contributed by atoms with E-state index < -0.39 is 26.6 Å². The van der Waals surface area contributed by atoms with E-state index in [4.69, 9.17) is 14.2 Å². The lowest BCUT2D eigenvalue weighted by Gasteiger charge is -2.12. The zero-order valence-corrected chi connectivity index (χ0v) is 15.8. The Hall–Kier alpha value is -2.59. The minimum atomic E-state index is -4.37. The van der Waals surface area contributed by atoms with Gasteiger partial charge in [0.2, 0.25) is 10.0 Å². The molecule has 7 nitrogen and oxygen atoms in total. The molecular formula is C17H20F2N2O5S. The smallest absolute Gasteiger partial charge is 0.246 e. The second-order valence-electron chi connectivity index (χ2n) is 5.35. The summed E-state index contributed by atoms with van der Waals surface area (Å²) in [5.74, 6) is -1.47. The van der Waals surface area contributed by atoms with Crippen molar-refractivity contribution < 1.29 is 31.4 Å². The van der Waals surface area contributed by atoms with Crippen molar-refractivity contribution in [1.29, 1.82) is 0 Å². The van der Waals surface area contributed by atoms with Gasteiger partial charge in [-0.25, -0.2) is 21.9 Å². The van der Waals surface area contributed by atoms with E-state index >= 15 is 0 Å². The van der Waals surface area contributed by atoms with Gasteiger partial charge in [-0.3, -0.25) is 0 Å². The lowest BCUT2D eigenvalue weighted by atomic mass is 10.2. The van der Waals surface area contributed by atoms with Gasteiger partial charge in [-0.2, -0.15) is 0 Å². The van der Waals surface area contributed by atoms with Crippen molar-refractivity contribution in [2.75, 3.05) is 39.7 Å². The van der Waals surface area contributed by atoms with E-state index in [0.29, 0.717) is 17.2 Å². The average Bonchev–Trinajstić information content (AvgIpc) is 2.63. The summed E-state index contributed by atoms with van der Waals surface area (Å²) >= 11 is 0. The van der Waals surface area contributed by atoms with Crippen LogP contribution in [0.1, 0.15) is 0 Å². The summed E-state index contributed by atoms with van der Waals surface area (Å²) in [6.07, 6.45) is 0. The molecule has 0 fully saturated rings. The van der Waals surface area contributed by atoms with E-state index in [-0.39, 0.29) is 18.8 Å². The van der Waals surface area contributed by atoms with E-state index in [1.807, 2.05) is 0 Å². The molecule has 2 rings (SSSR count). The minimum absolute atomic E-state index is 0.104. The lowest BCUT2D eigenvalue weighted by molar-refractivity contribution is 0.394. The fourth-order valence-corrected chi connectivity index (χ4v) is 3.43. The summed E-state index contributed by atoms with van der Waals surface area (Å²) in [5.41, 5.74) is 0.632. The molecular weight excluding hydrogens is 382 g/mol. The van der Waals surface area contributed by atoms with Gasteiger partial charge in [-0.05, 0) is 0 Å². The molecule has 0 aliphatic heterocycles. The molecule has 0 spiro atoms.